The van der Waals surface area contributed by atoms with E-state index in [-0.39, 0.29) is 12.4 Å². The molecule has 0 fully saturated rings. The van der Waals surface area contributed by atoms with Gasteiger partial charge in [-0.25, -0.2) is 0 Å². The number of methoxy groups -OCH3 is 2. The van der Waals surface area contributed by atoms with Crippen LogP contribution in [0.15, 0.2) is 18.2 Å². The van der Waals surface area contributed by atoms with Gasteiger partial charge in [0.25, 0.3) is 0 Å². The van der Waals surface area contributed by atoms with Crippen LogP contribution >= 0.6 is 12.4 Å². The third-order valence-corrected chi connectivity index (χ3v) is 2.32. The Morgan fingerprint density at radius 1 is 1.25 bits per heavy atom. The largest absolute Gasteiger partial charge is 0.497 e. The maximum Gasteiger partial charge on any atom is 0.123 e. The predicted octanol–water partition coefficient (Wildman–Crippen LogP) is 1.51. The lowest BCUT2D eigenvalue weighted by molar-refractivity contribution is 0.162. The number of nitrogens with two attached hydrogens (primary N) is 1. The van der Waals surface area contributed by atoms with Gasteiger partial charge in [0.1, 0.15) is 11.5 Å². The Morgan fingerprint density at radius 2 is 1.88 bits per heavy atom. The summed E-state index contributed by atoms with van der Waals surface area (Å²) in [6.45, 7) is 1.64. The van der Waals surface area contributed by atoms with Crippen molar-refractivity contribution in [2.24, 2.45) is 5.73 Å². The Kier molecular flexibility index (Phi) is 6.18. The molecule has 0 spiro atoms. The summed E-state index contributed by atoms with van der Waals surface area (Å²) < 4.78 is 10.3. The second-order valence-electron chi connectivity index (χ2n) is 3.37. The number of rotatable bonds is 4. The van der Waals surface area contributed by atoms with Crippen LogP contribution < -0.4 is 15.2 Å². The van der Waals surface area contributed by atoms with Gasteiger partial charge in [0.05, 0.1) is 26.4 Å². The Morgan fingerprint density at radius 3 is 2.31 bits per heavy atom. The minimum absolute atomic E-state index is 0. The van der Waals surface area contributed by atoms with Gasteiger partial charge in [-0.15, -0.1) is 12.4 Å². The molecule has 0 heterocycles. The maximum absolute atomic E-state index is 9.44. The first-order valence-corrected chi connectivity index (χ1v) is 4.75. The van der Waals surface area contributed by atoms with E-state index in [4.69, 9.17) is 15.2 Å². The van der Waals surface area contributed by atoms with Gasteiger partial charge < -0.3 is 20.3 Å². The number of hydrogen-bond donors (Lipinski definition) is 2. The van der Waals surface area contributed by atoms with E-state index in [1.807, 2.05) is 0 Å². The van der Waals surface area contributed by atoms with Crippen molar-refractivity contribution in [2.75, 3.05) is 14.2 Å². The molecule has 0 unspecified atom stereocenters. The lowest BCUT2D eigenvalue weighted by Gasteiger charge is -2.18. The van der Waals surface area contributed by atoms with Crippen molar-refractivity contribution in [3.63, 3.8) is 0 Å². The van der Waals surface area contributed by atoms with Gasteiger partial charge in [0, 0.05) is 5.56 Å². The normalized spacial score (nSPS) is 13.6. The van der Waals surface area contributed by atoms with Gasteiger partial charge in [0.2, 0.25) is 0 Å². The van der Waals surface area contributed by atoms with E-state index in [1.165, 1.54) is 0 Å². The molecule has 3 N–H and O–H groups in total. The van der Waals surface area contributed by atoms with Gasteiger partial charge >= 0.3 is 0 Å². The maximum atomic E-state index is 9.44. The molecule has 1 aromatic carbocycles. The number of benzene rings is 1. The minimum Gasteiger partial charge on any atom is -0.497 e. The Balaban J connectivity index is 0.00000225. The summed E-state index contributed by atoms with van der Waals surface area (Å²) in [6, 6.07) is 4.86. The van der Waals surface area contributed by atoms with E-state index in [0.29, 0.717) is 11.5 Å². The van der Waals surface area contributed by atoms with E-state index in [1.54, 1.807) is 39.3 Å². The van der Waals surface area contributed by atoms with Crippen molar-refractivity contribution < 1.29 is 14.6 Å². The molecule has 0 aromatic heterocycles. The van der Waals surface area contributed by atoms with Gasteiger partial charge in [-0.3, -0.25) is 0 Å². The summed E-state index contributed by atoms with van der Waals surface area (Å²) in [5.74, 6) is 1.35. The highest BCUT2D eigenvalue weighted by Crippen LogP contribution is 2.29. The van der Waals surface area contributed by atoms with Crippen molar-refractivity contribution in [3.05, 3.63) is 23.8 Å². The average Bonchev–Trinajstić information content (AvgIpc) is 2.27. The molecule has 1 aromatic rings. The smallest absolute Gasteiger partial charge is 0.123 e. The zero-order valence-corrected chi connectivity index (χ0v) is 10.5. The van der Waals surface area contributed by atoms with Crippen LogP contribution in [0.1, 0.15) is 18.5 Å². The summed E-state index contributed by atoms with van der Waals surface area (Å²) >= 11 is 0. The summed E-state index contributed by atoms with van der Waals surface area (Å²) in [5.41, 5.74) is 6.59. The highest BCUT2D eigenvalue weighted by Gasteiger charge is 2.17. The lowest BCUT2D eigenvalue weighted by Crippen LogP contribution is -2.23. The fourth-order valence-electron chi connectivity index (χ4n) is 1.36. The van der Waals surface area contributed by atoms with Crippen LogP contribution in [-0.4, -0.2) is 25.4 Å². The lowest BCUT2D eigenvalue weighted by atomic mass is 10.0. The van der Waals surface area contributed by atoms with E-state index >= 15 is 0 Å². The molecule has 0 aliphatic heterocycles. The van der Waals surface area contributed by atoms with Crippen LogP contribution in [0.2, 0.25) is 0 Å². The van der Waals surface area contributed by atoms with E-state index in [9.17, 15) is 5.11 Å². The molecule has 92 valence electrons. The highest BCUT2D eigenvalue weighted by atomic mass is 35.5. The summed E-state index contributed by atoms with van der Waals surface area (Å²) in [7, 11) is 3.15. The zero-order valence-electron chi connectivity index (χ0n) is 9.64. The number of aliphatic hydroxyl groups excluding tert-OH is 1. The third-order valence-electron chi connectivity index (χ3n) is 2.32. The Bertz CT molecular complexity index is 331. The first kappa shape index (κ1) is 15.0. The summed E-state index contributed by atoms with van der Waals surface area (Å²) in [5, 5.41) is 9.44. The van der Waals surface area contributed by atoms with Crippen molar-refractivity contribution in [1.82, 2.24) is 0 Å². The second-order valence-corrected chi connectivity index (χ2v) is 3.37. The molecule has 5 heteroatoms. The number of ether oxygens (including phenoxy) is 2. The quantitative estimate of drug-likeness (QED) is 0.847. The summed E-state index contributed by atoms with van der Waals surface area (Å²) in [4.78, 5) is 0. The SMILES string of the molecule is COc1ccc(OC)c([C@@H](N)[C@H](C)O)c1.Cl. The fraction of sp³-hybridized carbons (Fsp3) is 0.455. The molecular weight excluding hydrogens is 230 g/mol. The molecule has 0 amide bonds. The highest BCUT2D eigenvalue weighted by molar-refractivity contribution is 5.85. The standard InChI is InChI=1S/C11H17NO3.ClH/c1-7(13)11(12)9-6-8(14-2)4-5-10(9)15-3;/h4-7,11,13H,12H2,1-3H3;1H/t7-,11-;/m0./s1. The molecule has 4 nitrogen and oxygen atoms in total. The molecule has 0 radical (unpaired) electrons. The zero-order chi connectivity index (χ0) is 11.4. The summed E-state index contributed by atoms with van der Waals surface area (Å²) in [6.07, 6.45) is -0.633. The van der Waals surface area contributed by atoms with Crippen LogP contribution in [0, 0.1) is 0 Å². The van der Waals surface area contributed by atoms with Gasteiger partial charge in [-0.1, -0.05) is 0 Å². The van der Waals surface area contributed by atoms with E-state index in [0.717, 1.165) is 5.56 Å². The number of hydrogen-bond acceptors (Lipinski definition) is 4. The Hall–Kier alpha value is -0.970. The van der Waals surface area contributed by atoms with Crippen molar-refractivity contribution in [2.45, 2.75) is 19.1 Å². The van der Waals surface area contributed by atoms with E-state index in [2.05, 4.69) is 0 Å². The molecule has 0 aliphatic rings. The Labute approximate surface area is 102 Å². The van der Waals surface area contributed by atoms with Gasteiger partial charge in [-0.2, -0.15) is 0 Å². The van der Waals surface area contributed by atoms with Crippen LogP contribution in [0.4, 0.5) is 0 Å². The fourth-order valence-corrected chi connectivity index (χ4v) is 1.36. The molecule has 1 rings (SSSR count). The third kappa shape index (κ3) is 3.27. The van der Waals surface area contributed by atoms with Crippen molar-refractivity contribution >= 4 is 12.4 Å². The average molecular weight is 248 g/mol. The first-order chi connectivity index (χ1) is 7.10. The topological polar surface area (TPSA) is 64.7 Å². The molecule has 0 saturated heterocycles. The minimum atomic E-state index is -0.633. The molecule has 0 bridgehead atoms. The monoisotopic (exact) mass is 247 g/mol. The van der Waals surface area contributed by atoms with Crippen LogP contribution in [0.3, 0.4) is 0 Å². The second kappa shape index (κ2) is 6.58. The van der Waals surface area contributed by atoms with E-state index < -0.39 is 12.1 Å². The first-order valence-electron chi connectivity index (χ1n) is 4.75. The molecular formula is C11H18ClNO3. The number of aliphatic hydroxyl groups is 1. The molecule has 0 aliphatic carbocycles. The molecule has 2 atom stereocenters. The van der Waals surface area contributed by atoms with Crippen LogP contribution in [0.5, 0.6) is 11.5 Å². The van der Waals surface area contributed by atoms with Crippen LogP contribution in [0.25, 0.3) is 0 Å². The molecule has 16 heavy (non-hydrogen) atoms. The van der Waals surface area contributed by atoms with Gasteiger partial charge in [-0.05, 0) is 25.1 Å². The van der Waals surface area contributed by atoms with Crippen molar-refractivity contribution in [3.8, 4) is 11.5 Å². The van der Waals surface area contributed by atoms with Gasteiger partial charge in [0.15, 0.2) is 0 Å². The van der Waals surface area contributed by atoms with Crippen LogP contribution in [-0.2, 0) is 0 Å². The predicted molar refractivity (Wildman–Crippen MR) is 65.4 cm³/mol. The molecule has 0 saturated carbocycles. The number of halogens is 1. The van der Waals surface area contributed by atoms with Crippen molar-refractivity contribution in [1.29, 1.82) is 0 Å².